The minimum Gasteiger partial charge on any atom is -0.504 e. The SMILES string of the molecule is Cc1ccc(S(=O)(=O)c2ccc(I)c(NC(=O)c3cc(CCc4ccc(C(C)(C)C)cc4)c(O)c(O)c3O)c2)cc1. The van der Waals surface area contributed by atoms with Gasteiger partial charge in [0, 0.05) is 3.57 Å². The second-order valence-electron chi connectivity index (χ2n) is 11.0. The number of rotatable bonds is 7. The minimum absolute atomic E-state index is 0.00647. The van der Waals surface area contributed by atoms with Crippen molar-refractivity contribution < 1.29 is 28.5 Å². The summed E-state index contributed by atoms with van der Waals surface area (Å²) in [6.07, 6.45) is 0.830. The number of amides is 1. The number of nitrogens with one attached hydrogen (secondary N) is 1. The van der Waals surface area contributed by atoms with Gasteiger partial charge in [-0.15, -0.1) is 0 Å². The standard InChI is InChI=1S/C32H32INO6S/c1-19-5-13-23(14-6-19)41(39,40)24-15-16-26(33)27(18-24)34-31(38)25-17-21(28(35)30(37)29(25)36)10-7-20-8-11-22(12-9-20)32(2,3)4/h5-6,8-9,11-18,35-37H,7,10H2,1-4H3,(H,34,38). The van der Waals surface area contributed by atoms with Crippen molar-refractivity contribution in [3.63, 3.8) is 0 Å². The molecule has 0 fully saturated rings. The average molecular weight is 686 g/mol. The van der Waals surface area contributed by atoms with Gasteiger partial charge in [0.25, 0.3) is 5.91 Å². The Hall–Kier alpha value is -3.57. The molecular weight excluding hydrogens is 653 g/mol. The molecule has 0 radical (unpaired) electrons. The Morgan fingerprint density at radius 2 is 1.41 bits per heavy atom. The number of phenolic OH excluding ortho intramolecular Hbond substituents is 3. The van der Waals surface area contributed by atoms with E-state index in [1.165, 1.54) is 35.9 Å². The third-order valence-electron chi connectivity index (χ3n) is 6.90. The molecule has 1 amide bonds. The van der Waals surface area contributed by atoms with Gasteiger partial charge < -0.3 is 20.6 Å². The Bertz CT molecular complexity index is 1710. The Labute approximate surface area is 254 Å². The van der Waals surface area contributed by atoms with Crippen LogP contribution in [-0.4, -0.2) is 29.6 Å². The van der Waals surface area contributed by atoms with Gasteiger partial charge in [-0.1, -0.05) is 62.7 Å². The molecule has 4 aromatic carbocycles. The van der Waals surface area contributed by atoms with Crippen molar-refractivity contribution >= 4 is 44.0 Å². The van der Waals surface area contributed by atoms with Gasteiger partial charge in [0.15, 0.2) is 11.5 Å². The number of aryl methyl sites for hydroxylation is 3. The average Bonchev–Trinajstić information content (AvgIpc) is 2.92. The molecule has 0 aliphatic heterocycles. The number of anilines is 1. The van der Waals surface area contributed by atoms with E-state index in [1.807, 2.05) is 41.6 Å². The second-order valence-corrected chi connectivity index (χ2v) is 14.1. The smallest absolute Gasteiger partial charge is 0.259 e. The lowest BCUT2D eigenvalue weighted by Crippen LogP contribution is -2.14. The van der Waals surface area contributed by atoms with Crippen molar-refractivity contribution in [3.05, 3.63) is 104 Å². The molecule has 7 nitrogen and oxygen atoms in total. The largest absolute Gasteiger partial charge is 0.504 e. The molecule has 4 N–H and O–H groups in total. The van der Waals surface area contributed by atoms with Gasteiger partial charge in [0.2, 0.25) is 15.6 Å². The number of benzene rings is 4. The summed E-state index contributed by atoms with van der Waals surface area (Å²) in [5, 5.41) is 34.0. The van der Waals surface area contributed by atoms with Crippen LogP contribution in [0, 0.1) is 10.5 Å². The summed E-state index contributed by atoms with van der Waals surface area (Å²) in [4.78, 5) is 13.4. The molecule has 0 aromatic heterocycles. The molecular formula is C32H32INO6S. The molecule has 0 spiro atoms. The first-order valence-corrected chi connectivity index (χ1v) is 15.5. The molecule has 214 valence electrons. The zero-order valence-corrected chi connectivity index (χ0v) is 26.2. The highest BCUT2D eigenvalue weighted by atomic mass is 127. The minimum atomic E-state index is -3.84. The monoisotopic (exact) mass is 685 g/mol. The highest BCUT2D eigenvalue weighted by molar-refractivity contribution is 14.1. The quantitative estimate of drug-likeness (QED) is 0.124. The van der Waals surface area contributed by atoms with Crippen molar-refractivity contribution in [1.29, 1.82) is 0 Å². The maximum Gasteiger partial charge on any atom is 0.259 e. The van der Waals surface area contributed by atoms with Crippen LogP contribution in [0.3, 0.4) is 0 Å². The van der Waals surface area contributed by atoms with E-state index in [1.54, 1.807) is 18.2 Å². The fourth-order valence-corrected chi connectivity index (χ4v) is 6.08. The number of sulfone groups is 1. The molecule has 0 saturated heterocycles. The lowest BCUT2D eigenvalue weighted by Gasteiger charge is -2.19. The van der Waals surface area contributed by atoms with E-state index in [9.17, 15) is 28.5 Å². The van der Waals surface area contributed by atoms with Crippen molar-refractivity contribution in [3.8, 4) is 17.2 Å². The molecule has 0 atom stereocenters. The number of aromatic hydroxyl groups is 3. The number of hydrogen-bond acceptors (Lipinski definition) is 6. The Morgan fingerprint density at radius 3 is 2.02 bits per heavy atom. The molecule has 0 heterocycles. The van der Waals surface area contributed by atoms with Crippen LogP contribution in [0.1, 0.15) is 53.4 Å². The van der Waals surface area contributed by atoms with Crippen molar-refractivity contribution in [2.75, 3.05) is 5.32 Å². The number of carbonyl (C=O) groups excluding carboxylic acids is 1. The normalized spacial score (nSPS) is 11.8. The van der Waals surface area contributed by atoms with Crippen LogP contribution in [0.4, 0.5) is 5.69 Å². The highest BCUT2D eigenvalue weighted by Crippen LogP contribution is 2.41. The molecule has 0 aliphatic carbocycles. The van der Waals surface area contributed by atoms with E-state index < -0.39 is 33.0 Å². The summed E-state index contributed by atoms with van der Waals surface area (Å²) in [5.74, 6) is -2.82. The Morgan fingerprint density at radius 1 is 0.805 bits per heavy atom. The van der Waals surface area contributed by atoms with Crippen LogP contribution in [-0.2, 0) is 28.1 Å². The van der Waals surface area contributed by atoms with Gasteiger partial charge in [0.05, 0.1) is 21.0 Å². The maximum atomic E-state index is 13.3. The van der Waals surface area contributed by atoms with Crippen LogP contribution in [0.15, 0.2) is 82.6 Å². The van der Waals surface area contributed by atoms with Gasteiger partial charge in [-0.2, -0.15) is 0 Å². The summed E-state index contributed by atoms with van der Waals surface area (Å²) in [5.41, 5.74) is 3.40. The summed E-state index contributed by atoms with van der Waals surface area (Å²) in [6.45, 7) is 8.26. The van der Waals surface area contributed by atoms with Crippen molar-refractivity contribution in [2.45, 2.75) is 55.7 Å². The summed E-state index contributed by atoms with van der Waals surface area (Å²) in [6, 6.07) is 20.3. The van der Waals surface area contributed by atoms with E-state index >= 15 is 0 Å². The number of halogens is 1. The molecule has 4 aromatic rings. The molecule has 0 bridgehead atoms. The molecule has 41 heavy (non-hydrogen) atoms. The second kappa shape index (κ2) is 11.7. The maximum absolute atomic E-state index is 13.3. The summed E-state index contributed by atoms with van der Waals surface area (Å²) < 4.78 is 26.9. The fourth-order valence-electron chi connectivity index (χ4n) is 4.33. The number of phenols is 3. The number of hydrogen-bond donors (Lipinski definition) is 4. The summed E-state index contributed by atoms with van der Waals surface area (Å²) >= 11 is 1.97. The van der Waals surface area contributed by atoms with E-state index in [2.05, 4.69) is 38.2 Å². The predicted octanol–water partition coefficient (Wildman–Crippen LogP) is 6.88. The lowest BCUT2D eigenvalue weighted by atomic mass is 9.86. The van der Waals surface area contributed by atoms with Crippen molar-refractivity contribution in [1.82, 2.24) is 0 Å². The third-order valence-corrected chi connectivity index (χ3v) is 9.61. The first kappa shape index (κ1) is 30.4. The molecule has 9 heteroatoms. The van der Waals surface area contributed by atoms with Gasteiger partial charge in [-0.05, 0) is 101 Å². The van der Waals surface area contributed by atoms with Crippen molar-refractivity contribution in [2.24, 2.45) is 0 Å². The van der Waals surface area contributed by atoms with Gasteiger partial charge >= 0.3 is 0 Å². The third kappa shape index (κ3) is 6.68. The zero-order valence-electron chi connectivity index (χ0n) is 23.2. The van der Waals surface area contributed by atoms with Gasteiger partial charge in [-0.25, -0.2) is 8.42 Å². The lowest BCUT2D eigenvalue weighted by molar-refractivity contribution is 0.102. The van der Waals surface area contributed by atoms with Gasteiger partial charge in [0.1, 0.15) is 0 Å². The molecule has 4 rings (SSSR count). The Balaban J connectivity index is 1.59. The molecule has 0 saturated carbocycles. The summed E-state index contributed by atoms with van der Waals surface area (Å²) in [7, 11) is -3.84. The van der Waals surface area contributed by atoms with Crippen LogP contribution < -0.4 is 5.32 Å². The first-order valence-electron chi connectivity index (χ1n) is 13.0. The number of carbonyl (C=O) groups is 1. The van der Waals surface area contributed by atoms with Gasteiger partial charge in [-0.3, -0.25) is 4.79 Å². The predicted molar refractivity (Wildman–Crippen MR) is 168 cm³/mol. The fraction of sp³-hybridized carbons (Fsp3) is 0.219. The Kier molecular flexibility index (Phi) is 8.70. The van der Waals surface area contributed by atoms with Crippen LogP contribution in [0.25, 0.3) is 0 Å². The molecule has 0 aliphatic rings. The highest BCUT2D eigenvalue weighted by Gasteiger charge is 2.24. The zero-order chi connectivity index (χ0) is 30.1. The van der Waals surface area contributed by atoms with E-state index in [4.69, 9.17) is 0 Å². The molecule has 0 unspecified atom stereocenters. The topological polar surface area (TPSA) is 124 Å². The first-order chi connectivity index (χ1) is 19.2. The van der Waals surface area contributed by atoms with E-state index in [0.29, 0.717) is 16.4 Å². The van der Waals surface area contributed by atoms with E-state index in [-0.39, 0.29) is 32.0 Å². The van der Waals surface area contributed by atoms with E-state index in [0.717, 1.165) is 11.1 Å². The van der Waals surface area contributed by atoms with Crippen LogP contribution in [0.2, 0.25) is 0 Å². The van der Waals surface area contributed by atoms with Crippen LogP contribution >= 0.6 is 22.6 Å². The van der Waals surface area contributed by atoms with Crippen LogP contribution in [0.5, 0.6) is 17.2 Å².